The molecule has 0 saturated heterocycles. The molecule has 0 aliphatic rings. The lowest BCUT2D eigenvalue weighted by Crippen LogP contribution is -2.55. The van der Waals surface area contributed by atoms with Crippen molar-refractivity contribution in [1.29, 1.82) is 0 Å². The molecule has 244 valence electrons. The molecule has 17 heteroatoms. The summed E-state index contributed by atoms with van der Waals surface area (Å²) >= 11 is 0. The molecule has 0 heterocycles. The highest BCUT2D eigenvalue weighted by Crippen LogP contribution is 2.06. The monoisotopic (exact) mass is 621 g/mol. The summed E-state index contributed by atoms with van der Waals surface area (Å²) in [6.07, 6.45) is 1.07. The number of rotatable bonds is 21. The Labute approximate surface area is 254 Å². The number of carbonyl (C=O) groups is 6. The van der Waals surface area contributed by atoms with Gasteiger partial charge in [-0.3, -0.25) is 29.0 Å². The molecule has 1 rings (SSSR count). The summed E-state index contributed by atoms with van der Waals surface area (Å²) in [5, 5.41) is 28.1. The molecule has 1 aromatic carbocycles. The van der Waals surface area contributed by atoms with Gasteiger partial charge in [-0.2, -0.15) is 0 Å². The summed E-state index contributed by atoms with van der Waals surface area (Å²) in [4.78, 5) is 77.8. The minimum absolute atomic E-state index is 0.0846. The number of unbranched alkanes of at least 4 members (excludes halogenated alkanes) is 1. The third-order valence-electron chi connectivity index (χ3n) is 6.24. The molecule has 1 aromatic rings. The van der Waals surface area contributed by atoms with E-state index in [9.17, 15) is 39.0 Å². The lowest BCUT2D eigenvalue weighted by molar-refractivity contribution is -0.143. The van der Waals surface area contributed by atoms with Crippen molar-refractivity contribution >= 4 is 41.5 Å². The zero-order valence-electron chi connectivity index (χ0n) is 24.4. The zero-order valence-corrected chi connectivity index (χ0v) is 24.4. The smallest absolute Gasteiger partial charge is 0.326 e. The van der Waals surface area contributed by atoms with Crippen molar-refractivity contribution in [2.75, 3.05) is 19.6 Å². The van der Waals surface area contributed by atoms with E-state index in [1.807, 2.05) is 0 Å². The van der Waals surface area contributed by atoms with Crippen LogP contribution in [0.4, 0.5) is 0 Å². The van der Waals surface area contributed by atoms with Crippen LogP contribution in [0.3, 0.4) is 0 Å². The molecule has 0 radical (unpaired) electrons. The molecule has 4 atom stereocenters. The normalized spacial score (nSPS) is 13.3. The molecule has 0 saturated carbocycles. The number of carboxylic acids is 2. The molecular weight excluding hydrogens is 578 g/mol. The molecule has 0 unspecified atom stereocenters. The number of aliphatic carboxylic acids is 2. The zero-order chi connectivity index (χ0) is 33.1. The third-order valence-corrected chi connectivity index (χ3v) is 6.24. The van der Waals surface area contributed by atoms with Crippen LogP contribution in [0.2, 0.25) is 0 Å². The summed E-state index contributed by atoms with van der Waals surface area (Å²) < 4.78 is 0. The Morgan fingerprint density at radius 3 is 2.05 bits per heavy atom. The van der Waals surface area contributed by atoms with Crippen LogP contribution in [0.5, 0.6) is 0 Å². The fourth-order valence-electron chi connectivity index (χ4n) is 3.93. The Hall–Kier alpha value is -4.77. The van der Waals surface area contributed by atoms with E-state index in [1.165, 1.54) is 0 Å². The molecule has 0 aliphatic carbocycles. The summed E-state index contributed by atoms with van der Waals surface area (Å²) in [7, 11) is 0. The number of benzene rings is 1. The molecule has 0 aliphatic heterocycles. The van der Waals surface area contributed by atoms with E-state index in [-0.39, 0.29) is 25.3 Å². The average Bonchev–Trinajstić information content (AvgIpc) is 2.96. The van der Waals surface area contributed by atoms with Crippen molar-refractivity contribution in [3.8, 4) is 0 Å². The number of guanidine groups is 1. The maximum atomic E-state index is 12.9. The maximum absolute atomic E-state index is 12.9. The summed E-state index contributed by atoms with van der Waals surface area (Å²) in [5.41, 5.74) is 22.6. The Bertz CT molecular complexity index is 1150. The number of hydrogen-bond acceptors (Lipinski definition) is 9. The standard InChI is InChI=1S/C27H43N9O8/c28-11-5-4-9-17(29)23(40)35-18(10-6-12-32-27(30)31)24(41)33-15-21(37)34-19(14-22(38)39)25(42)36-20(26(43)44)13-16-7-2-1-3-8-16/h1-3,7-8,17-20H,4-6,9-15,28-29H2,(H,33,41)(H,34,37)(H,35,40)(H,36,42)(H,38,39)(H,43,44)(H4,30,31,32)/t17-,18-,19-,20-/m0/s1. The number of carboxylic acid groups (broad SMARTS) is 2. The maximum Gasteiger partial charge on any atom is 0.326 e. The van der Waals surface area contributed by atoms with Crippen molar-refractivity contribution in [2.45, 2.75) is 69.1 Å². The van der Waals surface area contributed by atoms with E-state index in [2.05, 4.69) is 26.3 Å². The van der Waals surface area contributed by atoms with Gasteiger partial charge in [0.15, 0.2) is 5.96 Å². The van der Waals surface area contributed by atoms with Gasteiger partial charge in [0.2, 0.25) is 23.6 Å². The molecule has 17 nitrogen and oxygen atoms in total. The van der Waals surface area contributed by atoms with Gasteiger partial charge < -0.3 is 54.4 Å². The summed E-state index contributed by atoms with van der Waals surface area (Å²) in [6, 6.07) is 3.38. The first-order valence-electron chi connectivity index (χ1n) is 14.0. The second-order valence-corrected chi connectivity index (χ2v) is 9.93. The molecular formula is C27H43N9O8. The lowest BCUT2D eigenvalue weighted by Gasteiger charge is -2.22. The van der Waals surface area contributed by atoms with Gasteiger partial charge in [0.05, 0.1) is 19.0 Å². The minimum Gasteiger partial charge on any atom is -0.481 e. The molecule has 0 fully saturated rings. The minimum atomic E-state index is -1.64. The Morgan fingerprint density at radius 1 is 0.795 bits per heavy atom. The molecule has 0 aromatic heterocycles. The number of amides is 4. The quantitative estimate of drug-likeness (QED) is 0.0370. The number of hydrogen-bond donors (Lipinski definition) is 10. The largest absolute Gasteiger partial charge is 0.481 e. The van der Waals surface area contributed by atoms with Crippen molar-refractivity contribution in [2.24, 2.45) is 27.9 Å². The van der Waals surface area contributed by atoms with Crippen molar-refractivity contribution in [1.82, 2.24) is 21.3 Å². The molecule has 44 heavy (non-hydrogen) atoms. The highest BCUT2D eigenvalue weighted by Gasteiger charge is 2.29. The van der Waals surface area contributed by atoms with Gasteiger partial charge in [0.25, 0.3) is 0 Å². The predicted molar refractivity (Wildman–Crippen MR) is 160 cm³/mol. The van der Waals surface area contributed by atoms with Crippen LogP contribution < -0.4 is 44.2 Å². The van der Waals surface area contributed by atoms with Crippen LogP contribution in [0.1, 0.15) is 44.1 Å². The van der Waals surface area contributed by atoms with E-state index in [0.29, 0.717) is 37.8 Å². The van der Waals surface area contributed by atoms with Crippen molar-refractivity contribution in [3.05, 3.63) is 35.9 Å². The first-order valence-corrected chi connectivity index (χ1v) is 14.0. The second-order valence-electron chi connectivity index (χ2n) is 9.93. The van der Waals surface area contributed by atoms with Crippen LogP contribution in [0, 0.1) is 0 Å². The number of nitrogens with one attached hydrogen (secondary N) is 4. The average molecular weight is 622 g/mol. The van der Waals surface area contributed by atoms with E-state index < -0.39 is 72.7 Å². The number of nitrogens with zero attached hydrogens (tertiary/aromatic N) is 1. The van der Waals surface area contributed by atoms with Gasteiger partial charge in [-0.25, -0.2) is 4.79 Å². The van der Waals surface area contributed by atoms with E-state index in [1.54, 1.807) is 30.3 Å². The van der Waals surface area contributed by atoms with Crippen LogP contribution in [-0.2, 0) is 35.2 Å². The van der Waals surface area contributed by atoms with Crippen LogP contribution in [0.15, 0.2) is 35.3 Å². The molecule has 14 N–H and O–H groups in total. The van der Waals surface area contributed by atoms with E-state index in [4.69, 9.17) is 22.9 Å². The highest BCUT2D eigenvalue weighted by atomic mass is 16.4. The van der Waals surface area contributed by atoms with Crippen LogP contribution in [-0.4, -0.2) is 95.5 Å². The number of aliphatic imine (C=N–C) groups is 1. The molecule has 0 bridgehead atoms. The topological polar surface area (TPSA) is 307 Å². The van der Waals surface area contributed by atoms with Gasteiger partial charge in [-0.15, -0.1) is 0 Å². The van der Waals surface area contributed by atoms with Crippen molar-refractivity contribution < 1.29 is 39.0 Å². The van der Waals surface area contributed by atoms with Gasteiger partial charge in [0.1, 0.15) is 18.1 Å². The fraction of sp³-hybridized carbons (Fsp3) is 0.519. The summed E-state index contributed by atoms with van der Waals surface area (Å²) in [6.45, 7) is -0.0783. The van der Waals surface area contributed by atoms with Crippen LogP contribution >= 0.6 is 0 Å². The van der Waals surface area contributed by atoms with Gasteiger partial charge in [-0.1, -0.05) is 36.8 Å². The number of carbonyl (C=O) groups excluding carboxylic acids is 4. The SMILES string of the molecule is NCCCC[C@H](N)C(=O)N[C@@H](CCCN=C(N)N)C(=O)NCC(=O)N[C@@H](CC(=O)O)C(=O)N[C@@H](Cc1ccccc1)C(=O)O. The highest BCUT2D eigenvalue weighted by molar-refractivity contribution is 5.95. The number of nitrogens with two attached hydrogens (primary N) is 4. The van der Waals surface area contributed by atoms with Gasteiger partial charge in [0, 0.05) is 13.0 Å². The molecule has 0 spiro atoms. The fourth-order valence-corrected chi connectivity index (χ4v) is 3.93. The Balaban J connectivity index is 2.85. The molecule has 4 amide bonds. The predicted octanol–water partition coefficient (Wildman–Crippen LogP) is -3.13. The third kappa shape index (κ3) is 15.5. The first kappa shape index (κ1) is 37.3. The Kier molecular flexibility index (Phi) is 17.1. The summed E-state index contributed by atoms with van der Waals surface area (Å²) in [5.74, 6) is -6.25. The second kappa shape index (κ2) is 20.2. The van der Waals surface area contributed by atoms with Crippen molar-refractivity contribution in [3.63, 3.8) is 0 Å². The van der Waals surface area contributed by atoms with Crippen LogP contribution in [0.25, 0.3) is 0 Å². The van der Waals surface area contributed by atoms with E-state index >= 15 is 0 Å². The first-order chi connectivity index (χ1) is 20.8. The Morgan fingerprint density at radius 2 is 1.45 bits per heavy atom. The van der Waals surface area contributed by atoms with E-state index in [0.717, 1.165) is 0 Å². The van der Waals surface area contributed by atoms with Gasteiger partial charge in [-0.05, 0) is 37.8 Å². The lowest BCUT2D eigenvalue weighted by atomic mass is 10.1. The van der Waals surface area contributed by atoms with Gasteiger partial charge >= 0.3 is 11.9 Å².